The summed E-state index contributed by atoms with van der Waals surface area (Å²) < 4.78 is 13.1. The Balaban J connectivity index is 2.06. The maximum absolute atomic E-state index is 13.1. The van der Waals surface area contributed by atoms with Crippen LogP contribution in [0.3, 0.4) is 0 Å². The van der Waals surface area contributed by atoms with Crippen molar-refractivity contribution in [3.8, 4) is 0 Å². The second-order valence-electron chi connectivity index (χ2n) is 4.75. The van der Waals surface area contributed by atoms with Gasteiger partial charge < -0.3 is 15.4 Å². The largest absolute Gasteiger partial charge is 0.387 e. The molecule has 0 saturated carbocycles. The van der Waals surface area contributed by atoms with Crippen molar-refractivity contribution < 1.29 is 14.3 Å². The number of aromatic nitrogens is 1. The lowest BCUT2D eigenvalue weighted by molar-refractivity contribution is 0.0926. The van der Waals surface area contributed by atoms with Gasteiger partial charge in [-0.05, 0) is 29.8 Å². The summed E-state index contributed by atoms with van der Waals surface area (Å²) in [5, 5.41) is 13.2. The number of H-pyrrole nitrogens is 1. The number of halogens is 1. The van der Waals surface area contributed by atoms with E-state index < -0.39 is 6.10 Å². The molecule has 0 unspecified atom stereocenters. The molecule has 1 aromatic carbocycles. The van der Waals surface area contributed by atoms with Crippen molar-refractivity contribution in [2.45, 2.75) is 6.10 Å². The number of allylic oxidation sites excluding steroid dienone is 2. The Morgan fingerprint density at radius 2 is 2.18 bits per heavy atom. The zero-order valence-electron chi connectivity index (χ0n) is 12.0. The van der Waals surface area contributed by atoms with Crippen molar-refractivity contribution in [2.75, 3.05) is 6.54 Å². The van der Waals surface area contributed by atoms with Crippen molar-refractivity contribution in [1.29, 1.82) is 0 Å². The smallest absolute Gasteiger partial charge is 0.267 e. The Morgan fingerprint density at radius 1 is 1.41 bits per heavy atom. The summed E-state index contributed by atoms with van der Waals surface area (Å²) in [6, 6.07) is 5.80. The quantitative estimate of drug-likeness (QED) is 0.718. The molecule has 0 radical (unpaired) electrons. The molecule has 114 valence electrons. The summed E-state index contributed by atoms with van der Waals surface area (Å²) in [6.07, 6.45) is 3.79. The number of hydrogen-bond donors (Lipinski definition) is 3. The lowest BCUT2D eigenvalue weighted by Crippen LogP contribution is -2.33. The van der Waals surface area contributed by atoms with Crippen molar-refractivity contribution in [2.24, 2.45) is 0 Å². The van der Waals surface area contributed by atoms with E-state index in [0.29, 0.717) is 22.2 Å². The number of carbonyl (C=O) groups excluding carboxylic acids is 1. The Morgan fingerprint density at radius 3 is 2.86 bits per heavy atom. The van der Waals surface area contributed by atoms with Gasteiger partial charge in [0.25, 0.3) is 5.91 Å². The first kappa shape index (κ1) is 15.7. The van der Waals surface area contributed by atoms with Crippen LogP contribution < -0.4 is 5.32 Å². The van der Waals surface area contributed by atoms with E-state index in [1.165, 1.54) is 24.3 Å². The van der Waals surface area contributed by atoms with Crippen LogP contribution in [0.1, 0.15) is 10.5 Å². The van der Waals surface area contributed by atoms with Gasteiger partial charge in [-0.25, -0.2) is 4.39 Å². The molecule has 1 aromatic heterocycles. The first-order valence-corrected chi connectivity index (χ1v) is 6.74. The highest BCUT2D eigenvalue weighted by atomic mass is 19.1. The van der Waals surface area contributed by atoms with E-state index in [2.05, 4.69) is 23.5 Å². The highest BCUT2D eigenvalue weighted by Gasteiger charge is 2.13. The zero-order chi connectivity index (χ0) is 16.1. The first-order valence-electron chi connectivity index (χ1n) is 6.74. The molecule has 22 heavy (non-hydrogen) atoms. The van der Waals surface area contributed by atoms with Gasteiger partial charge in [0.15, 0.2) is 0 Å². The lowest BCUT2D eigenvalue weighted by Gasteiger charge is -2.12. The van der Waals surface area contributed by atoms with Crippen molar-refractivity contribution >= 4 is 16.8 Å². The van der Waals surface area contributed by atoms with Crippen LogP contribution in [0.2, 0.25) is 0 Å². The number of aliphatic hydroxyl groups excluding tert-OH is 1. The van der Waals surface area contributed by atoms with Gasteiger partial charge >= 0.3 is 0 Å². The van der Waals surface area contributed by atoms with Crippen LogP contribution in [0.5, 0.6) is 0 Å². The third-order valence-corrected chi connectivity index (χ3v) is 3.21. The maximum atomic E-state index is 13.1. The third kappa shape index (κ3) is 3.51. The van der Waals surface area contributed by atoms with Crippen LogP contribution >= 0.6 is 0 Å². The standard InChI is InChI=1S/C17H17FN2O2/c1-3-5-11(4-2)16(21)10-19-17(22)15-9-12-8-13(18)6-7-14(12)20-15/h3-9,16,20-21H,1-2,10H2,(H,19,22)/b11-5+/t16-/m1/s1. The zero-order valence-corrected chi connectivity index (χ0v) is 12.0. The summed E-state index contributed by atoms with van der Waals surface area (Å²) in [4.78, 5) is 15.0. The fourth-order valence-corrected chi connectivity index (χ4v) is 2.08. The number of rotatable bonds is 6. The second-order valence-corrected chi connectivity index (χ2v) is 4.75. The highest BCUT2D eigenvalue weighted by Crippen LogP contribution is 2.16. The molecule has 2 rings (SSSR count). The fourth-order valence-electron chi connectivity index (χ4n) is 2.08. The summed E-state index contributed by atoms with van der Waals surface area (Å²) in [5.74, 6) is -0.739. The van der Waals surface area contributed by atoms with Crippen LogP contribution in [-0.4, -0.2) is 28.6 Å². The molecule has 5 heteroatoms. The Bertz CT molecular complexity index is 746. The van der Waals surface area contributed by atoms with E-state index in [4.69, 9.17) is 0 Å². The topological polar surface area (TPSA) is 65.1 Å². The number of hydrogen-bond acceptors (Lipinski definition) is 2. The van der Waals surface area contributed by atoms with E-state index in [1.807, 2.05) is 0 Å². The number of nitrogens with one attached hydrogen (secondary N) is 2. The Labute approximate surface area is 127 Å². The summed E-state index contributed by atoms with van der Waals surface area (Å²) in [5.41, 5.74) is 1.54. The monoisotopic (exact) mass is 300 g/mol. The average Bonchev–Trinajstić information content (AvgIpc) is 2.92. The SMILES string of the molecule is C=C/C=C(\C=C)[C@H](O)CNC(=O)c1cc2cc(F)ccc2[nH]1. The van der Waals surface area contributed by atoms with Crippen molar-refractivity contribution in [3.05, 3.63) is 72.7 Å². The lowest BCUT2D eigenvalue weighted by atomic mass is 10.1. The molecule has 1 heterocycles. The summed E-state index contributed by atoms with van der Waals surface area (Å²) in [7, 11) is 0. The van der Waals surface area contributed by atoms with Gasteiger partial charge in [-0.15, -0.1) is 0 Å². The predicted molar refractivity (Wildman–Crippen MR) is 85.1 cm³/mol. The number of aromatic amines is 1. The molecule has 0 bridgehead atoms. The summed E-state index contributed by atoms with van der Waals surface area (Å²) in [6.45, 7) is 7.18. The molecule has 0 aliphatic rings. The van der Waals surface area contributed by atoms with Crippen LogP contribution in [0.15, 0.2) is 61.2 Å². The van der Waals surface area contributed by atoms with Gasteiger partial charge in [0.2, 0.25) is 0 Å². The maximum Gasteiger partial charge on any atom is 0.267 e. The van der Waals surface area contributed by atoms with E-state index in [9.17, 15) is 14.3 Å². The molecule has 1 amide bonds. The van der Waals surface area contributed by atoms with E-state index in [1.54, 1.807) is 18.2 Å². The molecule has 0 aliphatic heterocycles. The number of carbonyl (C=O) groups is 1. The molecule has 3 N–H and O–H groups in total. The molecule has 0 spiro atoms. The molecule has 0 aliphatic carbocycles. The molecule has 1 atom stereocenters. The normalized spacial score (nSPS) is 12.9. The molecule has 2 aromatic rings. The Hall–Kier alpha value is -2.66. The predicted octanol–water partition coefficient (Wildman–Crippen LogP) is 2.70. The van der Waals surface area contributed by atoms with E-state index in [0.717, 1.165) is 0 Å². The number of amides is 1. The molecule has 0 saturated heterocycles. The first-order chi connectivity index (χ1) is 10.5. The van der Waals surface area contributed by atoms with Crippen LogP contribution in [0.25, 0.3) is 10.9 Å². The Kier molecular flexibility index (Phi) is 4.91. The van der Waals surface area contributed by atoms with Crippen molar-refractivity contribution in [3.63, 3.8) is 0 Å². The number of benzene rings is 1. The van der Waals surface area contributed by atoms with Gasteiger partial charge in [-0.3, -0.25) is 4.79 Å². The van der Waals surface area contributed by atoms with Gasteiger partial charge in [0.05, 0.1) is 6.10 Å². The van der Waals surface area contributed by atoms with Gasteiger partial charge in [0, 0.05) is 17.4 Å². The van der Waals surface area contributed by atoms with Gasteiger partial charge in [-0.2, -0.15) is 0 Å². The van der Waals surface area contributed by atoms with E-state index in [-0.39, 0.29) is 18.3 Å². The van der Waals surface area contributed by atoms with Gasteiger partial charge in [-0.1, -0.05) is 31.4 Å². The summed E-state index contributed by atoms with van der Waals surface area (Å²) >= 11 is 0. The third-order valence-electron chi connectivity index (χ3n) is 3.21. The minimum Gasteiger partial charge on any atom is -0.387 e. The highest BCUT2D eigenvalue weighted by molar-refractivity contribution is 5.98. The van der Waals surface area contributed by atoms with Crippen molar-refractivity contribution in [1.82, 2.24) is 10.3 Å². The average molecular weight is 300 g/mol. The minimum absolute atomic E-state index is 0.0360. The second kappa shape index (κ2) is 6.87. The molecule has 0 fully saturated rings. The molecular weight excluding hydrogens is 283 g/mol. The van der Waals surface area contributed by atoms with Crippen LogP contribution in [0, 0.1) is 5.82 Å². The molecule has 4 nitrogen and oxygen atoms in total. The van der Waals surface area contributed by atoms with Crippen LogP contribution in [-0.2, 0) is 0 Å². The van der Waals surface area contributed by atoms with Gasteiger partial charge in [0.1, 0.15) is 11.5 Å². The number of fused-ring (bicyclic) bond motifs is 1. The molecular formula is C17H17FN2O2. The fraction of sp³-hybridized carbons (Fsp3) is 0.118. The van der Waals surface area contributed by atoms with Crippen LogP contribution in [0.4, 0.5) is 4.39 Å². The van der Waals surface area contributed by atoms with E-state index >= 15 is 0 Å². The number of aliphatic hydroxyl groups is 1. The minimum atomic E-state index is -0.874.